The quantitative estimate of drug-likeness (QED) is 0.709. The molecule has 102 valence electrons. The summed E-state index contributed by atoms with van der Waals surface area (Å²) in [5, 5.41) is 5.19. The van der Waals surface area contributed by atoms with Gasteiger partial charge in [0, 0.05) is 11.4 Å². The Morgan fingerprint density at radius 3 is 2.42 bits per heavy atom. The Bertz CT molecular complexity index is 603. The SMILES string of the molecule is CCc1nc(C(Cl)(Cl)Cl)n(-c2ccc(Cl)cc2Cl)n1. The molecule has 0 amide bonds. The highest BCUT2D eigenvalue weighted by molar-refractivity contribution is 6.66. The van der Waals surface area contributed by atoms with Gasteiger partial charge >= 0.3 is 0 Å². The molecular formula is C11H8Cl5N3. The van der Waals surface area contributed by atoms with Crippen molar-refractivity contribution in [3.63, 3.8) is 0 Å². The van der Waals surface area contributed by atoms with Crippen LogP contribution in [0.5, 0.6) is 0 Å². The smallest absolute Gasteiger partial charge is 0.212 e. The first-order valence-electron chi connectivity index (χ1n) is 5.31. The maximum Gasteiger partial charge on any atom is 0.250 e. The van der Waals surface area contributed by atoms with E-state index < -0.39 is 3.79 Å². The molecule has 0 unspecified atom stereocenters. The van der Waals surface area contributed by atoms with Crippen LogP contribution in [-0.2, 0) is 10.2 Å². The van der Waals surface area contributed by atoms with Gasteiger partial charge in [-0.3, -0.25) is 0 Å². The van der Waals surface area contributed by atoms with Crippen LogP contribution in [0, 0.1) is 0 Å². The molecule has 0 saturated heterocycles. The van der Waals surface area contributed by atoms with E-state index in [1.54, 1.807) is 18.2 Å². The molecule has 3 nitrogen and oxygen atoms in total. The molecule has 0 atom stereocenters. The van der Waals surface area contributed by atoms with Crippen LogP contribution in [0.2, 0.25) is 10.0 Å². The number of alkyl halides is 3. The van der Waals surface area contributed by atoms with Crippen molar-refractivity contribution >= 4 is 58.0 Å². The molecule has 0 spiro atoms. The predicted octanol–water partition coefficient (Wildman–Crippen LogP) is 4.96. The molecule has 1 aromatic heterocycles. The van der Waals surface area contributed by atoms with Gasteiger partial charge in [-0.05, 0) is 18.2 Å². The molecule has 0 N–H and O–H groups in total. The standard InChI is InChI=1S/C11H8Cl5N3/c1-2-9-17-10(11(14,15)16)19(18-9)8-4-3-6(12)5-7(8)13/h3-5H,2H2,1H3. The number of benzene rings is 1. The van der Waals surface area contributed by atoms with E-state index in [-0.39, 0.29) is 5.82 Å². The van der Waals surface area contributed by atoms with E-state index in [0.717, 1.165) is 0 Å². The Labute approximate surface area is 135 Å². The molecule has 0 saturated carbocycles. The number of rotatable bonds is 2. The van der Waals surface area contributed by atoms with Gasteiger partial charge in [0.25, 0.3) is 0 Å². The van der Waals surface area contributed by atoms with Gasteiger partial charge in [0.05, 0.1) is 10.7 Å². The van der Waals surface area contributed by atoms with Crippen molar-refractivity contribution in [1.29, 1.82) is 0 Å². The third kappa shape index (κ3) is 3.29. The summed E-state index contributed by atoms with van der Waals surface area (Å²) in [4.78, 5) is 4.20. The van der Waals surface area contributed by atoms with Gasteiger partial charge in [-0.2, -0.15) is 5.10 Å². The first kappa shape index (κ1) is 15.2. The zero-order valence-electron chi connectivity index (χ0n) is 9.67. The Kier molecular flexibility index (Phi) is 4.53. The summed E-state index contributed by atoms with van der Waals surface area (Å²) in [6.07, 6.45) is 0.617. The zero-order valence-corrected chi connectivity index (χ0v) is 13.5. The van der Waals surface area contributed by atoms with Gasteiger partial charge in [0.1, 0.15) is 0 Å². The van der Waals surface area contributed by atoms with Crippen LogP contribution in [0.25, 0.3) is 5.69 Å². The fraction of sp³-hybridized carbons (Fsp3) is 0.273. The first-order chi connectivity index (χ1) is 8.82. The minimum absolute atomic E-state index is 0.193. The van der Waals surface area contributed by atoms with E-state index in [4.69, 9.17) is 58.0 Å². The summed E-state index contributed by atoms with van der Waals surface area (Å²) in [5.41, 5.74) is 0.555. The molecule has 0 aliphatic rings. The molecule has 0 fully saturated rings. The first-order valence-corrected chi connectivity index (χ1v) is 7.20. The lowest BCUT2D eigenvalue weighted by Crippen LogP contribution is -2.12. The van der Waals surface area contributed by atoms with Gasteiger partial charge in [-0.1, -0.05) is 64.9 Å². The molecule has 0 radical (unpaired) electrons. The van der Waals surface area contributed by atoms with Gasteiger partial charge in [-0.15, -0.1) is 0 Å². The zero-order chi connectivity index (χ0) is 14.2. The second kappa shape index (κ2) is 5.66. The van der Waals surface area contributed by atoms with Crippen LogP contribution in [0.1, 0.15) is 18.6 Å². The minimum atomic E-state index is -1.69. The molecule has 1 heterocycles. The highest BCUT2D eigenvalue weighted by atomic mass is 35.6. The predicted molar refractivity (Wildman–Crippen MR) is 80.0 cm³/mol. The van der Waals surface area contributed by atoms with Crippen molar-refractivity contribution in [2.45, 2.75) is 17.1 Å². The van der Waals surface area contributed by atoms with E-state index in [9.17, 15) is 0 Å². The second-order valence-corrected chi connectivity index (χ2v) is 6.84. The summed E-state index contributed by atoms with van der Waals surface area (Å²) < 4.78 is -0.270. The Morgan fingerprint density at radius 1 is 1.21 bits per heavy atom. The van der Waals surface area contributed by atoms with Crippen molar-refractivity contribution in [3.05, 3.63) is 39.9 Å². The van der Waals surface area contributed by atoms with Crippen molar-refractivity contribution in [2.24, 2.45) is 0 Å². The fourth-order valence-corrected chi connectivity index (χ4v) is 2.36. The summed E-state index contributed by atoms with van der Waals surface area (Å²) in [6, 6.07) is 4.96. The molecule has 2 aromatic rings. The maximum atomic E-state index is 6.14. The number of aromatic nitrogens is 3. The van der Waals surface area contributed by atoms with E-state index in [0.29, 0.717) is 28.0 Å². The maximum absolute atomic E-state index is 6.14. The summed E-state index contributed by atoms with van der Waals surface area (Å²) in [6.45, 7) is 1.91. The summed E-state index contributed by atoms with van der Waals surface area (Å²) in [7, 11) is 0. The molecule has 0 aliphatic heterocycles. The molecule has 19 heavy (non-hydrogen) atoms. The third-order valence-electron chi connectivity index (χ3n) is 2.36. The highest BCUT2D eigenvalue weighted by Gasteiger charge is 2.31. The summed E-state index contributed by atoms with van der Waals surface area (Å²) >= 11 is 29.7. The van der Waals surface area contributed by atoms with E-state index in [1.165, 1.54) is 4.68 Å². The molecular weight excluding hydrogens is 351 g/mol. The van der Waals surface area contributed by atoms with E-state index in [1.807, 2.05) is 6.92 Å². The van der Waals surface area contributed by atoms with Crippen molar-refractivity contribution in [2.75, 3.05) is 0 Å². The monoisotopic (exact) mass is 357 g/mol. The number of nitrogens with zero attached hydrogens (tertiary/aromatic N) is 3. The normalized spacial score (nSPS) is 11.9. The van der Waals surface area contributed by atoms with Crippen LogP contribution < -0.4 is 0 Å². The molecule has 1 aromatic carbocycles. The Morgan fingerprint density at radius 2 is 1.89 bits per heavy atom. The minimum Gasteiger partial charge on any atom is -0.212 e. The Balaban J connectivity index is 2.64. The lowest BCUT2D eigenvalue weighted by molar-refractivity contribution is 0.797. The number of hydrogen-bond donors (Lipinski definition) is 0. The fourth-order valence-electron chi connectivity index (χ4n) is 1.51. The van der Waals surface area contributed by atoms with Crippen LogP contribution in [-0.4, -0.2) is 14.8 Å². The van der Waals surface area contributed by atoms with Crippen molar-refractivity contribution < 1.29 is 0 Å². The van der Waals surface area contributed by atoms with Gasteiger partial charge in [0.2, 0.25) is 3.79 Å². The Hall–Kier alpha value is -0.190. The molecule has 2 rings (SSSR count). The second-order valence-electron chi connectivity index (χ2n) is 3.71. The van der Waals surface area contributed by atoms with Crippen LogP contribution in [0.4, 0.5) is 0 Å². The summed E-state index contributed by atoms with van der Waals surface area (Å²) in [5.74, 6) is 0.755. The molecule has 8 heteroatoms. The van der Waals surface area contributed by atoms with Crippen LogP contribution >= 0.6 is 58.0 Å². The highest BCUT2D eigenvalue weighted by Crippen LogP contribution is 2.39. The van der Waals surface area contributed by atoms with Crippen LogP contribution in [0.15, 0.2) is 18.2 Å². The van der Waals surface area contributed by atoms with Crippen molar-refractivity contribution in [1.82, 2.24) is 14.8 Å². The van der Waals surface area contributed by atoms with Crippen LogP contribution in [0.3, 0.4) is 0 Å². The number of halogens is 5. The van der Waals surface area contributed by atoms with E-state index >= 15 is 0 Å². The molecule has 0 bridgehead atoms. The van der Waals surface area contributed by atoms with E-state index in [2.05, 4.69) is 10.1 Å². The largest absolute Gasteiger partial charge is 0.250 e. The van der Waals surface area contributed by atoms with Crippen molar-refractivity contribution in [3.8, 4) is 5.69 Å². The number of hydrogen-bond acceptors (Lipinski definition) is 2. The van der Waals surface area contributed by atoms with Gasteiger partial charge in [-0.25, -0.2) is 9.67 Å². The average molecular weight is 359 g/mol. The van der Waals surface area contributed by atoms with Gasteiger partial charge < -0.3 is 0 Å². The molecule has 0 aliphatic carbocycles. The lowest BCUT2D eigenvalue weighted by Gasteiger charge is -2.13. The lowest BCUT2D eigenvalue weighted by atomic mass is 10.3. The number of aryl methyl sites for hydroxylation is 1. The van der Waals surface area contributed by atoms with Gasteiger partial charge in [0.15, 0.2) is 11.6 Å². The average Bonchev–Trinajstić information content (AvgIpc) is 2.72. The topological polar surface area (TPSA) is 30.7 Å². The third-order valence-corrected chi connectivity index (χ3v) is 3.40.